The molecule has 90 valence electrons. The first kappa shape index (κ1) is 13.0. The van der Waals surface area contributed by atoms with Crippen molar-refractivity contribution in [3.63, 3.8) is 0 Å². The van der Waals surface area contributed by atoms with Crippen molar-refractivity contribution in [1.82, 2.24) is 0 Å². The lowest BCUT2D eigenvalue weighted by molar-refractivity contribution is -0.141. The Morgan fingerprint density at radius 2 is 2.25 bits per heavy atom. The molecule has 1 saturated carbocycles. The van der Waals surface area contributed by atoms with Crippen LogP contribution in [0.1, 0.15) is 38.5 Å². The molecule has 0 saturated heterocycles. The lowest BCUT2D eigenvalue weighted by Gasteiger charge is -2.37. The fourth-order valence-electron chi connectivity index (χ4n) is 2.45. The number of ether oxygens (including phenoxy) is 2. The van der Waals surface area contributed by atoms with Crippen molar-refractivity contribution in [3.05, 3.63) is 0 Å². The number of nitrogens with zero attached hydrogens (tertiary/aromatic N) is 1. The summed E-state index contributed by atoms with van der Waals surface area (Å²) in [6, 6.07) is 2.28. The van der Waals surface area contributed by atoms with Crippen molar-refractivity contribution in [1.29, 1.82) is 5.26 Å². The minimum atomic E-state index is -0.688. The summed E-state index contributed by atoms with van der Waals surface area (Å²) in [5.41, 5.74) is -0.688. The standard InChI is InChI=1S/C12H19NO3/c1-15-11(14)7-6-10-5-3-4-8-12(10,9-13)16-2/h10H,3-8H2,1-2H3. The molecule has 1 aliphatic rings. The Labute approximate surface area is 96.5 Å². The Morgan fingerprint density at radius 3 is 2.81 bits per heavy atom. The van der Waals surface area contributed by atoms with Crippen LogP contribution in [0.2, 0.25) is 0 Å². The van der Waals surface area contributed by atoms with Crippen molar-refractivity contribution in [2.75, 3.05) is 14.2 Å². The summed E-state index contributed by atoms with van der Waals surface area (Å²) in [5, 5.41) is 9.24. The fourth-order valence-corrected chi connectivity index (χ4v) is 2.45. The summed E-state index contributed by atoms with van der Waals surface area (Å²) in [6.07, 6.45) is 4.90. The number of carbonyl (C=O) groups is 1. The van der Waals surface area contributed by atoms with Crippen molar-refractivity contribution >= 4 is 5.97 Å². The van der Waals surface area contributed by atoms with E-state index in [1.165, 1.54) is 7.11 Å². The highest BCUT2D eigenvalue weighted by Crippen LogP contribution is 2.38. The maximum atomic E-state index is 11.1. The van der Waals surface area contributed by atoms with Gasteiger partial charge in [0.1, 0.15) is 0 Å². The molecule has 0 aromatic rings. The molecule has 0 aromatic carbocycles. The number of nitriles is 1. The summed E-state index contributed by atoms with van der Waals surface area (Å²) >= 11 is 0. The van der Waals surface area contributed by atoms with Crippen LogP contribution < -0.4 is 0 Å². The lowest BCUT2D eigenvalue weighted by Crippen LogP contribution is -2.41. The van der Waals surface area contributed by atoms with Crippen LogP contribution in [0.5, 0.6) is 0 Å². The van der Waals surface area contributed by atoms with E-state index in [1.54, 1.807) is 7.11 Å². The van der Waals surface area contributed by atoms with Gasteiger partial charge in [-0.1, -0.05) is 6.42 Å². The summed E-state index contributed by atoms with van der Waals surface area (Å²) in [4.78, 5) is 11.1. The molecule has 2 atom stereocenters. The van der Waals surface area contributed by atoms with Crippen molar-refractivity contribution < 1.29 is 14.3 Å². The summed E-state index contributed by atoms with van der Waals surface area (Å²) in [5.74, 6) is -0.0659. The Kier molecular flexibility index (Phi) is 4.75. The van der Waals surface area contributed by atoms with Gasteiger partial charge in [0.2, 0.25) is 0 Å². The normalized spacial score (nSPS) is 29.4. The van der Waals surface area contributed by atoms with Gasteiger partial charge in [-0.3, -0.25) is 4.79 Å². The molecule has 0 N–H and O–H groups in total. The number of hydrogen-bond donors (Lipinski definition) is 0. The van der Waals surface area contributed by atoms with Crippen LogP contribution in [0.3, 0.4) is 0 Å². The van der Waals surface area contributed by atoms with E-state index in [9.17, 15) is 10.1 Å². The third-order valence-corrected chi connectivity index (χ3v) is 3.49. The average Bonchev–Trinajstić information content (AvgIpc) is 2.36. The van der Waals surface area contributed by atoms with Crippen LogP contribution in [-0.4, -0.2) is 25.8 Å². The van der Waals surface area contributed by atoms with Crippen molar-refractivity contribution in [2.24, 2.45) is 5.92 Å². The van der Waals surface area contributed by atoms with E-state index >= 15 is 0 Å². The van der Waals surface area contributed by atoms with Crippen LogP contribution in [0, 0.1) is 17.2 Å². The molecule has 1 fully saturated rings. The highest BCUT2D eigenvalue weighted by atomic mass is 16.5. The predicted molar refractivity (Wildman–Crippen MR) is 58.6 cm³/mol. The first-order valence-electron chi connectivity index (χ1n) is 5.71. The van der Waals surface area contributed by atoms with E-state index in [4.69, 9.17) is 4.74 Å². The Hall–Kier alpha value is -1.08. The monoisotopic (exact) mass is 225 g/mol. The van der Waals surface area contributed by atoms with Crippen LogP contribution in [0.15, 0.2) is 0 Å². The molecule has 2 unspecified atom stereocenters. The molecule has 0 radical (unpaired) electrons. The van der Waals surface area contributed by atoms with Crippen LogP contribution in [0.4, 0.5) is 0 Å². The SMILES string of the molecule is COC(=O)CCC1CCCCC1(C#N)OC. The van der Waals surface area contributed by atoms with E-state index in [2.05, 4.69) is 10.8 Å². The maximum absolute atomic E-state index is 11.1. The zero-order chi connectivity index (χ0) is 12.0. The van der Waals surface area contributed by atoms with Gasteiger partial charge in [0.15, 0.2) is 5.60 Å². The molecule has 1 rings (SSSR count). The van der Waals surface area contributed by atoms with Gasteiger partial charge in [-0.05, 0) is 25.7 Å². The van der Waals surface area contributed by atoms with Crippen LogP contribution in [-0.2, 0) is 14.3 Å². The van der Waals surface area contributed by atoms with Crippen LogP contribution >= 0.6 is 0 Å². The molecule has 0 aromatic heterocycles. The topological polar surface area (TPSA) is 59.3 Å². The zero-order valence-electron chi connectivity index (χ0n) is 9.99. The summed E-state index contributed by atoms with van der Waals surface area (Å²) in [6.45, 7) is 0. The molecule has 0 spiro atoms. The molecular weight excluding hydrogens is 206 g/mol. The summed E-state index contributed by atoms with van der Waals surface area (Å²) in [7, 11) is 2.97. The quantitative estimate of drug-likeness (QED) is 0.687. The fraction of sp³-hybridized carbons (Fsp3) is 0.833. The van der Waals surface area contributed by atoms with Gasteiger partial charge in [0.05, 0.1) is 13.2 Å². The third kappa shape index (κ3) is 2.73. The largest absolute Gasteiger partial charge is 0.469 e. The van der Waals surface area contributed by atoms with E-state index in [-0.39, 0.29) is 11.9 Å². The van der Waals surface area contributed by atoms with Gasteiger partial charge < -0.3 is 9.47 Å². The predicted octanol–water partition coefficient (Wildman–Crippen LogP) is 2.04. The van der Waals surface area contributed by atoms with Gasteiger partial charge in [0, 0.05) is 19.4 Å². The Bertz CT molecular complexity index is 284. The molecule has 1 aliphatic carbocycles. The molecule has 0 heterocycles. The number of rotatable bonds is 4. The van der Waals surface area contributed by atoms with Gasteiger partial charge >= 0.3 is 5.97 Å². The number of carbonyl (C=O) groups excluding carboxylic acids is 1. The molecule has 0 aliphatic heterocycles. The maximum Gasteiger partial charge on any atom is 0.305 e. The second kappa shape index (κ2) is 5.86. The van der Waals surface area contributed by atoms with E-state index in [0.717, 1.165) is 25.7 Å². The molecule has 4 nitrogen and oxygen atoms in total. The first-order chi connectivity index (χ1) is 7.68. The minimum absolute atomic E-state index is 0.148. The van der Waals surface area contributed by atoms with Gasteiger partial charge in [-0.15, -0.1) is 0 Å². The van der Waals surface area contributed by atoms with Crippen molar-refractivity contribution in [3.8, 4) is 6.07 Å². The van der Waals surface area contributed by atoms with E-state index < -0.39 is 5.60 Å². The number of hydrogen-bond acceptors (Lipinski definition) is 4. The molecule has 0 bridgehead atoms. The van der Waals surface area contributed by atoms with Gasteiger partial charge in [-0.25, -0.2) is 0 Å². The average molecular weight is 225 g/mol. The second-order valence-corrected chi connectivity index (χ2v) is 4.26. The van der Waals surface area contributed by atoms with Gasteiger partial charge in [0.25, 0.3) is 0 Å². The molecule has 16 heavy (non-hydrogen) atoms. The summed E-state index contributed by atoms with van der Waals surface area (Å²) < 4.78 is 10.0. The molecule has 0 amide bonds. The van der Waals surface area contributed by atoms with Crippen LogP contribution in [0.25, 0.3) is 0 Å². The zero-order valence-corrected chi connectivity index (χ0v) is 9.99. The molecule has 4 heteroatoms. The number of methoxy groups -OCH3 is 2. The van der Waals surface area contributed by atoms with E-state index in [0.29, 0.717) is 12.8 Å². The van der Waals surface area contributed by atoms with E-state index in [1.807, 2.05) is 0 Å². The Balaban J connectivity index is 2.61. The minimum Gasteiger partial charge on any atom is -0.469 e. The van der Waals surface area contributed by atoms with Gasteiger partial charge in [-0.2, -0.15) is 5.26 Å². The smallest absolute Gasteiger partial charge is 0.305 e. The molecular formula is C12H19NO3. The highest BCUT2D eigenvalue weighted by Gasteiger charge is 2.41. The number of esters is 1. The van der Waals surface area contributed by atoms with Crippen molar-refractivity contribution in [2.45, 2.75) is 44.1 Å². The lowest BCUT2D eigenvalue weighted by atomic mass is 9.74. The second-order valence-electron chi connectivity index (χ2n) is 4.26. The first-order valence-corrected chi connectivity index (χ1v) is 5.71. The Morgan fingerprint density at radius 1 is 1.50 bits per heavy atom. The highest BCUT2D eigenvalue weighted by molar-refractivity contribution is 5.69. The third-order valence-electron chi connectivity index (χ3n) is 3.49.